The van der Waals surface area contributed by atoms with Crippen molar-refractivity contribution in [3.05, 3.63) is 16.5 Å². The van der Waals surface area contributed by atoms with E-state index in [2.05, 4.69) is 5.32 Å². The van der Waals surface area contributed by atoms with E-state index in [1.165, 1.54) is 11.3 Å². The molecule has 1 saturated carbocycles. The standard InChI is InChI=1S/C16H22N2O4S/c1-8(2)12-7-11(13(17)19)15(23-12)18-14(20)9-5-3-4-6-10(9)16(21)22/h7-10H,3-6H2,1-2H3,(H2,17,19)(H,18,20)(H,21,22). The molecule has 0 aliphatic heterocycles. The van der Waals surface area contributed by atoms with Crippen LogP contribution in [0, 0.1) is 11.8 Å². The van der Waals surface area contributed by atoms with Gasteiger partial charge in [0.1, 0.15) is 5.00 Å². The van der Waals surface area contributed by atoms with Crippen molar-refractivity contribution in [3.63, 3.8) is 0 Å². The van der Waals surface area contributed by atoms with Gasteiger partial charge in [0.2, 0.25) is 5.91 Å². The van der Waals surface area contributed by atoms with Gasteiger partial charge < -0.3 is 16.2 Å². The molecule has 126 valence electrons. The van der Waals surface area contributed by atoms with Gasteiger partial charge in [0.05, 0.1) is 17.4 Å². The number of aliphatic carboxylic acids is 1. The maximum Gasteiger partial charge on any atom is 0.307 e. The third kappa shape index (κ3) is 3.90. The van der Waals surface area contributed by atoms with E-state index in [9.17, 15) is 19.5 Å². The van der Waals surface area contributed by atoms with Gasteiger partial charge in [-0.1, -0.05) is 26.7 Å². The third-order valence-corrected chi connectivity index (χ3v) is 5.59. The lowest BCUT2D eigenvalue weighted by molar-refractivity contribution is -0.147. The van der Waals surface area contributed by atoms with Gasteiger partial charge in [-0.15, -0.1) is 11.3 Å². The number of hydrogen-bond donors (Lipinski definition) is 3. The fourth-order valence-corrected chi connectivity index (χ4v) is 3.98. The van der Waals surface area contributed by atoms with Crippen LogP contribution in [0.1, 0.15) is 60.7 Å². The molecule has 4 N–H and O–H groups in total. The summed E-state index contributed by atoms with van der Waals surface area (Å²) in [5.74, 6) is -2.88. The van der Waals surface area contributed by atoms with Crippen molar-refractivity contribution in [3.8, 4) is 0 Å². The van der Waals surface area contributed by atoms with Crippen molar-refractivity contribution in [2.45, 2.75) is 45.4 Å². The molecule has 1 aliphatic rings. The van der Waals surface area contributed by atoms with E-state index in [4.69, 9.17) is 5.73 Å². The number of carbonyl (C=O) groups excluding carboxylic acids is 2. The molecule has 0 radical (unpaired) electrons. The first-order valence-corrected chi connectivity index (χ1v) is 8.60. The average Bonchev–Trinajstić information content (AvgIpc) is 2.91. The molecule has 23 heavy (non-hydrogen) atoms. The number of anilines is 1. The predicted molar refractivity (Wildman–Crippen MR) is 88.6 cm³/mol. The molecule has 1 aromatic heterocycles. The molecule has 2 atom stereocenters. The summed E-state index contributed by atoms with van der Waals surface area (Å²) < 4.78 is 0. The Morgan fingerprint density at radius 1 is 1.26 bits per heavy atom. The molecule has 0 bridgehead atoms. The summed E-state index contributed by atoms with van der Waals surface area (Å²) in [6.07, 6.45) is 2.73. The van der Waals surface area contributed by atoms with Crippen molar-refractivity contribution in [2.75, 3.05) is 5.32 Å². The topological polar surface area (TPSA) is 109 Å². The minimum atomic E-state index is -0.936. The molecule has 7 heteroatoms. The van der Waals surface area contributed by atoms with E-state index >= 15 is 0 Å². The highest BCUT2D eigenvalue weighted by atomic mass is 32.1. The molecule has 2 rings (SSSR count). The van der Waals surface area contributed by atoms with Gasteiger partial charge >= 0.3 is 5.97 Å². The first-order valence-electron chi connectivity index (χ1n) is 7.78. The zero-order chi connectivity index (χ0) is 17.1. The van der Waals surface area contributed by atoms with Crippen LogP contribution in [0.15, 0.2) is 6.07 Å². The number of hydrogen-bond acceptors (Lipinski definition) is 4. The van der Waals surface area contributed by atoms with Gasteiger partial charge in [0.15, 0.2) is 0 Å². The van der Waals surface area contributed by atoms with Crippen LogP contribution in [-0.2, 0) is 9.59 Å². The summed E-state index contributed by atoms with van der Waals surface area (Å²) in [7, 11) is 0. The summed E-state index contributed by atoms with van der Waals surface area (Å²) in [6.45, 7) is 3.98. The summed E-state index contributed by atoms with van der Waals surface area (Å²) >= 11 is 1.32. The Balaban J connectivity index is 2.22. The van der Waals surface area contributed by atoms with Crippen LogP contribution in [-0.4, -0.2) is 22.9 Å². The minimum absolute atomic E-state index is 0.213. The lowest BCUT2D eigenvalue weighted by Gasteiger charge is -2.27. The molecule has 0 aromatic carbocycles. The van der Waals surface area contributed by atoms with Crippen molar-refractivity contribution >= 4 is 34.1 Å². The molecule has 1 aliphatic carbocycles. The lowest BCUT2D eigenvalue weighted by atomic mass is 9.79. The van der Waals surface area contributed by atoms with Gasteiger partial charge in [-0.2, -0.15) is 0 Å². The van der Waals surface area contributed by atoms with Crippen LogP contribution in [0.25, 0.3) is 0 Å². The third-order valence-electron chi connectivity index (χ3n) is 4.24. The van der Waals surface area contributed by atoms with Crippen molar-refractivity contribution in [1.82, 2.24) is 0 Å². The first kappa shape index (κ1) is 17.5. The molecule has 1 fully saturated rings. The van der Waals surface area contributed by atoms with Crippen LogP contribution < -0.4 is 11.1 Å². The minimum Gasteiger partial charge on any atom is -0.481 e. The molecule has 2 unspecified atom stereocenters. The number of carboxylic acids is 1. The van der Waals surface area contributed by atoms with Crippen molar-refractivity contribution in [2.24, 2.45) is 17.6 Å². The highest BCUT2D eigenvalue weighted by Gasteiger charge is 2.36. The van der Waals surface area contributed by atoms with Crippen LogP contribution in [0.2, 0.25) is 0 Å². The molecular formula is C16H22N2O4S. The molecule has 0 saturated heterocycles. The Hall–Kier alpha value is -1.89. The fraction of sp³-hybridized carbons (Fsp3) is 0.562. The van der Waals surface area contributed by atoms with Gasteiger partial charge in [-0.05, 0) is 24.8 Å². The Bertz CT molecular complexity index is 624. The Morgan fingerprint density at radius 3 is 2.39 bits per heavy atom. The second-order valence-electron chi connectivity index (χ2n) is 6.24. The van der Waals surface area contributed by atoms with Crippen LogP contribution in [0.3, 0.4) is 0 Å². The summed E-state index contributed by atoms with van der Waals surface area (Å²) in [4.78, 5) is 36.4. The summed E-state index contributed by atoms with van der Waals surface area (Å²) in [5.41, 5.74) is 5.67. The van der Waals surface area contributed by atoms with Gasteiger partial charge in [-0.3, -0.25) is 14.4 Å². The number of nitrogens with one attached hydrogen (secondary N) is 1. The number of rotatable bonds is 5. The predicted octanol–water partition coefficient (Wildman–Crippen LogP) is 2.80. The molecule has 6 nitrogen and oxygen atoms in total. The van der Waals surface area contributed by atoms with Crippen LogP contribution >= 0.6 is 11.3 Å². The number of carboxylic acid groups (broad SMARTS) is 1. The molecule has 2 amide bonds. The molecule has 1 heterocycles. The number of thiophene rings is 1. The quantitative estimate of drug-likeness (QED) is 0.766. The van der Waals surface area contributed by atoms with Gasteiger partial charge in [0, 0.05) is 4.88 Å². The van der Waals surface area contributed by atoms with Crippen LogP contribution in [0.5, 0.6) is 0 Å². The largest absolute Gasteiger partial charge is 0.481 e. The maximum absolute atomic E-state index is 12.5. The molecule has 1 aromatic rings. The van der Waals surface area contributed by atoms with Crippen molar-refractivity contribution in [1.29, 1.82) is 0 Å². The second kappa shape index (κ2) is 7.12. The number of nitrogens with two attached hydrogens (primary N) is 1. The number of primary amides is 1. The van der Waals surface area contributed by atoms with E-state index in [0.29, 0.717) is 17.8 Å². The fourth-order valence-electron chi connectivity index (χ4n) is 2.92. The number of carbonyl (C=O) groups is 3. The average molecular weight is 338 g/mol. The van der Waals surface area contributed by atoms with Crippen molar-refractivity contribution < 1.29 is 19.5 Å². The Kier molecular flexibility index (Phi) is 5.41. The van der Waals surface area contributed by atoms with E-state index in [0.717, 1.165) is 17.7 Å². The lowest BCUT2D eigenvalue weighted by Crippen LogP contribution is -2.36. The molecular weight excluding hydrogens is 316 g/mol. The normalized spacial score (nSPS) is 21.2. The molecule has 0 spiro atoms. The highest BCUT2D eigenvalue weighted by molar-refractivity contribution is 7.16. The van der Waals surface area contributed by atoms with E-state index in [1.807, 2.05) is 13.8 Å². The van der Waals surface area contributed by atoms with E-state index in [1.54, 1.807) is 6.07 Å². The first-order chi connectivity index (χ1) is 10.8. The highest BCUT2D eigenvalue weighted by Crippen LogP contribution is 2.35. The Morgan fingerprint density at radius 2 is 1.87 bits per heavy atom. The maximum atomic E-state index is 12.5. The zero-order valence-corrected chi connectivity index (χ0v) is 14.1. The zero-order valence-electron chi connectivity index (χ0n) is 13.3. The van der Waals surface area contributed by atoms with Gasteiger partial charge in [-0.25, -0.2) is 0 Å². The smallest absolute Gasteiger partial charge is 0.307 e. The Labute approximate surface area is 139 Å². The number of amides is 2. The van der Waals surface area contributed by atoms with Gasteiger partial charge in [0.25, 0.3) is 5.91 Å². The van der Waals surface area contributed by atoms with Crippen LogP contribution in [0.4, 0.5) is 5.00 Å². The monoisotopic (exact) mass is 338 g/mol. The second-order valence-corrected chi connectivity index (χ2v) is 7.32. The summed E-state index contributed by atoms with van der Waals surface area (Å²) in [6, 6.07) is 1.70. The van der Waals surface area contributed by atoms with E-state index in [-0.39, 0.29) is 17.4 Å². The summed E-state index contributed by atoms with van der Waals surface area (Å²) in [5, 5.41) is 12.4. The SMILES string of the molecule is CC(C)c1cc(C(N)=O)c(NC(=O)C2CCCCC2C(=O)O)s1. The van der Waals surface area contributed by atoms with E-state index < -0.39 is 23.7 Å².